The average Bonchev–Trinajstić information content (AvgIpc) is 2.55. The molecule has 22 heavy (non-hydrogen) atoms. The fourth-order valence-electron chi connectivity index (χ4n) is 3.00. The molecule has 2 heterocycles. The van der Waals surface area contributed by atoms with Gasteiger partial charge in [-0.25, -0.2) is 0 Å². The molecule has 2 saturated heterocycles. The van der Waals surface area contributed by atoms with Crippen molar-refractivity contribution in [2.75, 3.05) is 0 Å². The second-order valence-corrected chi connectivity index (χ2v) is 8.79. The molecule has 0 aromatic heterocycles. The molecule has 2 aliphatic heterocycles. The quantitative estimate of drug-likeness (QED) is 0.578. The van der Waals surface area contributed by atoms with E-state index >= 15 is 0 Å². The molecular weight excluding hydrogens is 278 g/mol. The summed E-state index contributed by atoms with van der Waals surface area (Å²) in [6.45, 7) is 16.7. The standard InChI is InChI=1S/C16H28B2O4/c1-13(2)14(3,4)20-17(19-13)11-9-10-12(11)18-21-15(5,6)16(7,8)22-18/h9-12H,1-8H3. The third-order valence-corrected chi connectivity index (χ3v) is 6.17. The maximum Gasteiger partial charge on any atom is 0.465 e. The smallest absolute Gasteiger partial charge is 0.403 e. The first kappa shape index (κ1) is 16.6. The Kier molecular flexibility index (Phi) is 3.48. The zero-order chi connectivity index (χ0) is 16.6. The van der Waals surface area contributed by atoms with E-state index in [-0.39, 0.29) is 48.3 Å². The molecule has 2 atom stereocenters. The van der Waals surface area contributed by atoms with E-state index in [1.165, 1.54) is 0 Å². The van der Waals surface area contributed by atoms with Crippen LogP contribution in [0.25, 0.3) is 0 Å². The maximum absolute atomic E-state index is 6.18. The van der Waals surface area contributed by atoms with Crippen LogP contribution in [0.1, 0.15) is 55.4 Å². The van der Waals surface area contributed by atoms with Crippen LogP contribution in [0.5, 0.6) is 0 Å². The first-order chi connectivity index (χ1) is 9.86. The lowest BCUT2D eigenvalue weighted by Gasteiger charge is -2.32. The van der Waals surface area contributed by atoms with E-state index in [0.29, 0.717) is 0 Å². The van der Waals surface area contributed by atoms with E-state index in [9.17, 15) is 0 Å². The number of hydrogen-bond acceptors (Lipinski definition) is 4. The third kappa shape index (κ3) is 2.31. The molecule has 4 nitrogen and oxygen atoms in total. The molecule has 0 radical (unpaired) electrons. The molecule has 0 N–H and O–H groups in total. The van der Waals surface area contributed by atoms with E-state index < -0.39 is 0 Å². The highest BCUT2D eigenvalue weighted by Crippen LogP contribution is 2.52. The van der Waals surface area contributed by atoms with Gasteiger partial charge in [-0.1, -0.05) is 12.2 Å². The van der Waals surface area contributed by atoms with Crippen molar-refractivity contribution >= 4 is 14.2 Å². The SMILES string of the molecule is CC1(C)OB(C2C=CC2B2OC(C)(C)C(C)(C)O2)OC1(C)C. The van der Waals surface area contributed by atoms with Gasteiger partial charge in [0.25, 0.3) is 0 Å². The second-order valence-electron chi connectivity index (χ2n) is 8.79. The van der Waals surface area contributed by atoms with Gasteiger partial charge in [0.1, 0.15) is 0 Å². The fourth-order valence-corrected chi connectivity index (χ4v) is 3.00. The summed E-state index contributed by atoms with van der Waals surface area (Å²) in [5.41, 5.74) is -1.22. The van der Waals surface area contributed by atoms with Crippen LogP contribution in [-0.4, -0.2) is 36.6 Å². The summed E-state index contributed by atoms with van der Waals surface area (Å²) in [5.74, 6) is 0.353. The second kappa shape index (κ2) is 4.62. The topological polar surface area (TPSA) is 36.9 Å². The summed E-state index contributed by atoms with van der Waals surface area (Å²) in [5, 5.41) is 0. The van der Waals surface area contributed by atoms with Crippen LogP contribution < -0.4 is 0 Å². The Balaban J connectivity index is 1.71. The first-order valence-corrected chi connectivity index (χ1v) is 8.26. The summed E-state index contributed by atoms with van der Waals surface area (Å²) in [6, 6.07) is 0. The summed E-state index contributed by atoms with van der Waals surface area (Å²) in [4.78, 5) is 0. The predicted molar refractivity (Wildman–Crippen MR) is 88.8 cm³/mol. The van der Waals surface area contributed by atoms with Gasteiger partial charge in [-0.2, -0.15) is 0 Å². The van der Waals surface area contributed by atoms with Crippen molar-refractivity contribution in [2.24, 2.45) is 0 Å². The van der Waals surface area contributed by atoms with Crippen molar-refractivity contribution in [1.29, 1.82) is 0 Å². The Morgan fingerprint density at radius 2 is 0.773 bits per heavy atom. The van der Waals surface area contributed by atoms with Crippen molar-refractivity contribution in [3.63, 3.8) is 0 Å². The van der Waals surface area contributed by atoms with Gasteiger partial charge in [-0.3, -0.25) is 0 Å². The average molecular weight is 306 g/mol. The van der Waals surface area contributed by atoms with E-state index in [0.717, 1.165) is 0 Å². The lowest BCUT2D eigenvalue weighted by atomic mass is 9.48. The van der Waals surface area contributed by atoms with Crippen LogP contribution in [0.2, 0.25) is 11.6 Å². The van der Waals surface area contributed by atoms with Crippen LogP contribution >= 0.6 is 0 Å². The van der Waals surface area contributed by atoms with E-state index in [4.69, 9.17) is 18.6 Å². The monoisotopic (exact) mass is 306 g/mol. The Hall–Kier alpha value is -0.290. The van der Waals surface area contributed by atoms with Crippen molar-refractivity contribution in [3.05, 3.63) is 12.2 Å². The zero-order valence-electron chi connectivity index (χ0n) is 15.1. The number of hydrogen-bond donors (Lipinski definition) is 0. The van der Waals surface area contributed by atoms with Crippen molar-refractivity contribution < 1.29 is 18.6 Å². The van der Waals surface area contributed by atoms with Crippen molar-refractivity contribution in [3.8, 4) is 0 Å². The Morgan fingerprint density at radius 3 is 0.955 bits per heavy atom. The molecule has 0 bridgehead atoms. The molecule has 0 spiro atoms. The molecule has 1 aliphatic carbocycles. The lowest BCUT2D eigenvalue weighted by molar-refractivity contribution is 0.00578. The van der Waals surface area contributed by atoms with Gasteiger partial charge in [0, 0.05) is 11.6 Å². The Morgan fingerprint density at radius 1 is 0.545 bits per heavy atom. The first-order valence-electron chi connectivity index (χ1n) is 8.26. The molecule has 0 amide bonds. The van der Waals surface area contributed by atoms with Crippen molar-refractivity contribution in [2.45, 2.75) is 89.4 Å². The minimum Gasteiger partial charge on any atom is -0.403 e. The Bertz CT molecular complexity index is 422. The molecule has 0 aromatic rings. The highest BCUT2D eigenvalue weighted by Gasteiger charge is 2.61. The summed E-state index contributed by atoms with van der Waals surface area (Å²) < 4.78 is 24.7. The van der Waals surface area contributed by atoms with E-state index in [1.807, 2.05) is 0 Å². The molecular formula is C16H28B2O4. The minimum absolute atomic E-state index is 0.177. The molecule has 122 valence electrons. The predicted octanol–water partition coefficient (Wildman–Crippen LogP) is 3.48. The largest absolute Gasteiger partial charge is 0.465 e. The van der Waals surface area contributed by atoms with Gasteiger partial charge >= 0.3 is 14.2 Å². The van der Waals surface area contributed by atoms with Crippen LogP contribution in [0.3, 0.4) is 0 Å². The normalized spacial score (nSPS) is 37.5. The zero-order valence-corrected chi connectivity index (χ0v) is 15.1. The summed E-state index contributed by atoms with van der Waals surface area (Å²) in [7, 11) is -0.474. The summed E-state index contributed by atoms with van der Waals surface area (Å²) in [6.07, 6.45) is 4.30. The molecule has 0 saturated carbocycles. The van der Waals surface area contributed by atoms with Gasteiger partial charge in [-0.15, -0.1) is 0 Å². The van der Waals surface area contributed by atoms with Crippen LogP contribution in [0, 0.1) is 0 Å². The highest BCUT2D eigenvalue weighted by atomic mass is 16.7. The maximum atomic E-state index is 6.18. The Labute approximate surface area is 135 Å². The van der Waals surface area contributed by atoms with E-state index in [1.54, 1.807) is 0 Å². The van der Waals surface area contributed by atoms with Gasteiger partial charge < -0.3 is 18.6 Å². The van der Waals surface area contributed by atoms with Crippen LogP contribution in [0.15, 0.2) is 12.2 Å². The molecule has 2 fully saturated rings. The van der Waals surface area contributed by atoms with Gasteiger partial charge in [0.05, 0.1) is 22.4 Å². The van der Waals surface area contributed by atoms with E-state index in [2.05, 4.69) is 67.5 Å². The van der Waals surface area contributed by atoms with Crippen molar-refractivity contribution in [1.82, 2.24) is 0 Å². The summed E-state index contributed by atoms with van der Waals surface area (Å²) >= 11 is 0. The third-order valence-electron chi connectivity index (χ3n) is 6.17. The number of allylic oxidation sites excluding steroid dienone is 2. The van der Waals surface area contributed by atoms with Crippen LogP contribution in [-0.2, 0) is 18.6 Å². The molecule has 6 heteroatoms. The molecule has 3 rings (SSSR count). The molecule has 2 unspecified atom stereocenters. The molecule has 0 aromatic carbocycles. The lowest BCUT2D eigenvalue weighted by Crippen LogP contribution is -2.41. The highest BCUT2D eigenvalue weighted by molar-refractivity contribution is 6.57. The van der Waals surface area contributed by atoms with Gasteiger partial charge in [-0.05, 0) is 55.4 Å². The minimum atomic E-state index is -0.304. The number of rotatable bonds is 2. The van der Waals surface area contributed by atoms with Gasteiger partial charge in [0.2, 0.25) is 0 Å². The van der Waals surface area contributed by atoms with Gasteiger partial charge in [0.15, 0.2) is 0 Å². The molecule has 3 aliphatic rings. The fraction of sp³-hybridized carbons (Fsp3) is 0.875. The van der Waals surface area contributed by atoms with Crippen LogP contribution in [0.4, 0.5) is 0 Å².